The Morgan fingerprint density at radius 2 is 2.50 bits per heavy atom. The monoisotopic (exact) mass is 223 g/mol. The third-order valence-corrected chi connectivity index (χ3v) is 2.62. The van der Waals surface area contributed by atoms with Gasteiger partial charge in [0.2, 0.25) is 11.8 Å². The second-order valence-electron chi connectivity index (χ2n) is 3.59. The number of carbonyl (C=O) groups is 1. The highest BCUT2D eigenvalue weighted by Gasteiger charge is 2.32. The van der Waals surface area contributed by atoms with Gasteiger partial charge in [-0.2, -0.15) is 4.98 Å². The van der Waals surface area contributed by atoms with Gasteiger partial charge in [-0.1, -0.05) is 0 Å². The number of anilines is 1. The van der Waals surface area contributed by atoms with Gasteiger partial charge in [-0.25, -0.2) is 9.78 Å². The van der Waals surface area contributed by atoms with Crippen molar-refractivity contribution in [3.63, 3.8) is 0 Å². The number of nitrogens with zero attached hydrogens (tertiary/aromatic N) is 3. The van der Waals surface area contributed by atoms with Crippen LogP contribution in [0.5, 0.6) is 5.88 Å². The zero-order chi connectivity index (χ0) is 11.5. The molecular formula is C10H13N3O3. The van der Waals surface area contributed by atoms with Crippen LogP contribution in [0.3, 0.4) is 0 Å². The topological polar surface area (TPSA) is 75.5 Å². The zero-order valence-electron chi connectivity index (χ0n) is 8.96. The van der Waals surface area contributed by atoms with E-state index in [4.69, 9.17) is 9.84 Å². The maximum atomic E-state index is 11.0. The minimum Gasteiger partial charge on any atom is -0.481 e. The number of methoxy groups -OCH3 is 1. The first-order valence-electron chi connectivity index (χ1n) is 5.09. The molecule has 1 saturated heterocycles. The zero-order valence-corrected chi connectivity index (χ0v) is 8.96. The van der Waals surface area contributed by atoms with Crippen LogP contribution in [0.2, 0.25) is 0 Å². The maximum absolute atomic E-state index is 11.0. The molecule has 0 aromatic carbocycles. The quantitative estimate of drug-likeness (QED) is 0.806. The highest BCUT2D eigenvalue weighted by Crippen LogP contribution is 2.23. The molecule has 2 rings (SSSR count). The lowest BCUT2D eigenvalue weighted by Gasteiger charge is -2.21. The van der Waals surface area contributed by atoms with Gasteiger partial charge in [-0.05, 0) is 12.8 Å². The predicted octanol–water partition coefficient (Wildman–Crippen LogP) is 0.539. The molecule has 1 aliphatic heterocycles. The van der Waals surface area contributed by atoms with E-state index in [1.165, 1.54) is 7.11 Å². The molecule has 0 spiro atoms. The Morgan fingerprint density at radius 3 is 3.19 bits per heavy atom. The van der Waals surface area contributed by atoms with E-state index in [0.717, 1.165) is 6.42 Å². The van der Waals surface area contributed by atoms with Gasteiger partial charge in [0.05, 0.1) is 7.11 Å². The Labute approximate surface area is 92.9 Å². The Balaban J connectivity index is 2.25. The number of hydrogen-bond acceptors (Lipinski definition) is 5. The van der Waals surface area contributed by atoms with E-state index in [-0.39, 0.29) is 0 Å². The van der Waals surface area contributed by atoms with Gasteiger partial charge >= 0.3 is 5.97 Å². The Hall–Kier alpha value is -1.85. The minimum atomic E-state index is -0.830. The van der Waals surface area contributed by atoms with Gasteiger partial charge in [0, 0.05) is 18.8 Å². The van der Waals surface area contributed by atoms with Crippen molar-refractivity contribution < 1.29 is 14.6 Å². The summed E-state index contributed by atoms with van der Waals surface area (Å²) in [4.78, 5) is 20.9. The fourth-order valence-corrected chi connectivity index (χ4v) is 1.85. The molecular weight excluding hydrogens is 210 g/mol. The molecule has 0 amide bonds. The molecule has 1 fully saturated rings. The molecule has 0 bridgehead atoms. The van der Waals surface area contributed by atoms with Gasteiger partial charge in [0.1, 0.15) is 6.04 Å². The first-order chi connectivity index (χ1) is 7.72. The molecule has 1 aromatic rings. The number of ether oxygens (including phenoxy) is 1. The maximum Gasteiger partial charge on any atom is 0.326 e. The summed E-state index contributed by atoms with van der Waals surface area (Å²) in [7, 11) is 1.52. The van der Waals surface area contributed by atoms with Gasteiger partial charge in [0.25, 0.3) is 0 Å². The lowest BCUT2D eigenvalue weighted by Crippen LogP contribution is -2.37. The van der Waals surface area contributed by atoms with Crippen LogP contribution in [-0.4, -0.2) is 40.7 Å². The second-order valence-corrected chi connectivity index (χ2v) is 3.59. The fraction of sp³-hybridized carbons (Fsp3) is 0.500. The fourth-order valence-electron chi connectivity index (χ4n) is 1.85. The number of rotatable bonds is 3. The first kappa shape index (κ1) is 10.7. The third kappa shape index (κ3) is 1.91. The van der Waals surface area contributed by atoms with Crippen molar-refractivity contribution in [3.8, 4) is 5.88 Å². The van der Waals surface area contributed by atoms with Gasteiger partial charge in [-0.3, -0.25) is 0 Å². The number of hydrogen-bond donors (Lipinski definition) is 1. The standard InChI is InChI=1S/C10H13N3O3/c1-16-8-4-5-11-10(12-8)13-6-2-3-7(13)9(14)15/h4-5,7H,2-3,6H2,1H3,(H,14,15). The molecule has 1 unspecified atom stereocenters. The summed E-state index contributed by atoms with van der Waals surface area (Å²) in [5, 5.41) is 9.04. The molecule has 6 nitrogen and oxygen atoms in total. The minimum absolute atomic E-state index is 0.421. The van der Waals surface area contributed by atoms with Crippen molar-refractivity contribution in [1.29, 1.82) is 0 Å². The molecule has 0 saturated carbocycles. The average Bonchev–Trinajstić information content (AvgIpc) is 2.78. The van der Waals surface area contributed by atoms with E-state index in [9.17, 15) is 4.79 Å². The van der Waals surface area contributed by atoms with Crippen LogP contribution in [0.4, 0.5) is 5.95 Å². The molecule has 1 aliphatic rings. The SMILES string of the molecule is COc1ccnc(N2CCCC2C(=O)O)n1. The molecule has 0 radical (unpaired) electrons. The summed E-state index contributed by atoms with van der Waals surface area (Å²) < 4.78 is 4.98. The molecule has 2 heterocycles. The Kier molecular flexibility index (Phi) is 2.89. The van der Waals surface area contributed by atoms with Crippen LogP contribution in [0, 0.1) is 0 Å². The van der Waals surface area contributed by atoms with Crippen molar-refractivity contribution in [1.82, 2.24) is 9.97 Å². The molecule has 1 aromatic heterocycles. The van der Waals surface area contributed by atoms with Crippen molar-refractivity contribution in [2.75, 3.05) is 18.6 Å². The van der Waals surface area contributed by atoms with Crippen LogP contribution in [0.15, 0.2) is 12.3 Å². The van der Waals surface area contributed by atoms with Gasteiger partial charge in [0.15, 0.2) is 0 Å². The largest absolute Gasteiger partial charge is 0.481 e. The lowest BCUT2D eigenvalue weighted by atomic mass is 10.2. The van der Waals surface area contributed by atoms with Crippen LogP contribution >= 0.6 is 0 Å². The van der Waals surface area contributed by atoms with Crippen molar-refractivity contribution in [2.24, 2.45) is 0 Å². The molecule has 86 valence electrons. The van der Waals surface area contributed by atoms with E-state index >= 15 is 0 Å². The average molecular weight is 223 g/mol. The molecule has 0 aliphatic carbocycles. The number of aliphatic carboxylic acids is 1. The predicted molar refractivity (Wildman–Crippen MR) is 56.6 cm³/mol. The van der Waals surface area contributed by atoms with Gasteiger partial charge < -0.3 is 14.7 Å². The smallest absolute Gasteiger partial charge is 0.326 e. The second kappa shape index (κ2) is 4.34. The molecule has 1 N–H and O–H groups in total. The summed E-state index contributed by atoms with van der Waals surface area (Å²) in [5.41, 5.74) is 0. The summed E-state index contributed by atoms with van der Waals surface area (Å²) in [6.07, 6.45) is 3.05. The summed E-state index contributed by atoms with van der Waals surface area (Å²) >= 11 is 0. The van der Waals surface area contributed by atoms with Crippen molar-refractivity contribution in [2.45, 2.75) is 18.9 Å². The van der Waals surface area contributed by atoms with E-state index in [2.05, 4.69) is 9.97 Å². The van der Waals surface area contributed by atoms with Crippen molar-refractivity contribution >= 4 is 11.9 Å². The normalized spacial score (nSPS) is 19.8. The number of carboxylic acids is 1. The molecule has 16 heavy (non-hydrogen) atoms. The Bertz CT molecular complexity index is 397. The van der Waals surface area contributed by atoms with E-state index < -0.39 is 12.0 Å². The van der Waals surface area contributed by atoms with E-state index in [1.807, 2.05) is 0 Å². The highest BCUT2D eigenvalue weighted by atomic mass is 16.5. The third-order valence-electron chi connectivity index (χ3n) is 2.62. The molecule has 6 heteroatoms. The van der Waals surface area contributed by atoms with Crippen LogP contribution in [-0.2, 0) is 4.79 Å². The summed E-state index contributed by atoms with van der Waals surface area (Å²) in [6.45, 7) is 0.671. The van der Waals surface area contributed by atoms with Crippen LogP contribution in [0.25, 0.3) is 0 Å². The van der Waals surface area contributed by atoms with E-state index in [0.29, 0.717) is 24.8 Å². The highest BCUT2D eigenvalue weighted by molar-refractivity contribution is 5.78. The van der Waals surface area contributed by atoms with Crippen LogP contribution in [0.1, 0.15) is 12.8 Å². The number of aromatic nitrogens is 2. The number of carboxylic acid groups (broad SMARTS) is 1. The molecule has 1 atom stereocenters. The lowest BCUT2D eigenvalue weighted by molar-refractivity contribution is -0.138. The van der Waals surface area contributed by atoms with Crippen LogP contribution < -0.4 is 9.64 Å². The van der Waals surface area contributed by atoms with E-state index in [1.54, 1.807) is 17.2 Å². The summed E-state index contributed by atoms with van der Waals surface area (Å²) in [5.74, 6) is 0.0363. The van der Waals surface area contributed by atoms with Gasteiger partial charge in [-0.15, -0.1) is 0 Å². The Morgan fingerprint density at radius 1 is 1.69 bits per heavy atom. The summed E-state index contributed by atoms with van der Waals surface area (Å²) in [6, 6.07) is 1.11. The first-order valence-corrected chi connectivity index (χ1v) is 5.09. The van der Waals surface area contributed by atoms with Crippen molar-refractivity contribution in [3.05, 3.63) is 12.3 Å².